The zero-order valence-corrected chi connectivity index (χ0v) is 10.1. The highest BCUT2D eigenvalue weighted by Gasteiger charge is 2.30. The third kappa shape index (κ3) is 4.59. The Morgan fingerprint density at radius 1 is 1.47 bits per heavy atom. The molecule has 5 nitrogen and oxygen atoms in total. The van der Waals surface area contributed by atoms with E-state index in [1.165, 1.54) is 19.1 Å². The van der Waals surface area contributed by atoms with Gasteiger partial charge in [-0.1, -0.05) is 0 Å². The van der Waals surface area contributed by atoms with Crippen molar-refractivity contribution in [1.82, 2.24) is 4.90 Å². The lowest BCUT2D eigenvalue weighted by Gasteiger charge is -2.29. The summed E-state index contributed by atoms with van der Waals surface area (Å²) in [6.45, 7) is 3.83. The zero-order chi connectivity index (χ0) is 12.1. The molecule has 15 heavy (non-hydrogen) atoms. The third-order valence-electron chi connectivity index (χ3n) is 2.22. The Kier molecular flexibility index (Phi) is 5.79. The SMILES string of the molecule is COCC(O)CN(C)C(=O)C(C)(C)OC. The number of hydrogen-bond acceptors (Lipinski definition) is 4. The first-order valence-corrected chi connectivity index (χ1v) is 4.83. The molecule has 0 spiro atoms. The monoisotopic (exact) mass is 219 g/mol. The van der Waals surface area contributed by atoms with Crippen LogP contribution in [0, 0.1) is 0 Å². The van der Waals surface area contributed by atoms with E-state index in [4.69, 9.17) is 9.47 Å². The molecule has 0 rings (SSSR count). The van der Waals surface area contributed by atoms with Crippen LogP contribution in [0.15, 0.2) is 0 Å². The van der Waals surface area contributed by atoms with E-state index >= 15 is 0 Å². The van der Waals surface area contributed by atoms with Crippen LogP contribution < -0.4 is 0 Å². The molecule has 0 aliphatic heterocycles. The van der Waals surface area contributed by atoms with Crippen LogP contribution in [-0.2, 0) is 14.3 Å². The number of rotatable bonds is 6. The van der Waals surface area contributed by atoms with Gasteiger partial charge in [0.2, 0.25) is 0 Å². The van der Waals surface area contributed by atoms with Gasteiger partial charge in [0.15, 0.2) is 0 Å². The van der Waals surface area contributed by atoms with E-state index in [1.54, 1.807) is 20.9 Å². The first kappa shape index (κ1) is 14.3. The van der Waals surface area contributed by atoms with Gasteiger partial charge in [0.1, 0.15) is 5.60 Å². The summed E-state index contributed by atoms with van der Waals surface area (Å²) in [5.74, 6) is -0.167. The molecule has 0 aromatic rings. The minimum atomic E-state index is -0.860. The van der Waals surface area contributed by atoms with E-state index in [9.17, 15) is 9.90 Å². The third-order valence-corrected chi connectivity index (χ3v) is 2.22. The van der Waals surface area contributed by atoms with E-state index in [0.29, 0.717) is 0 Å². The van der Waals surface area contributed by atoms with Crippen molar-refractivity contribution in [3.8, 4) is 0 Å². The quantitative estimate of drug-likeness (QED) is 0.676. The molecule has 0 aliphatic carbocycles. The fourth-order valence-corrected chi connectivity index (χ4v) is 1.19. The topological polar surface area (TPSA) is 59.0 Å². The van der Waals surface area contributed by atoms with Crippen molar-refractivity contribution in [2.75, 3.05) is 34.4 Å². The van der Waals surface area contributed by atoms with Crippen LogP contribution in [0.25, 0.3) is 0 Å². The van der Waals surface area contributed by atoms with Crippen molar-refractivity contribution in [2.24, 2.45) is 0 Å². The van der Waals surface area contributed by atoms with Crippen LogP contribution in [-0.4, -0.2) is 62.0 Å². The van der Waals surface area contributed by atoms with Gasteiger partial charge in [-0.05, 0) is 13.8 Å². The predicted octanol–water partition coefficient (Wildman–Crippen LogP) is -0.123. The molecule has 1 atom stereocenters. The number of likely N-dealkylation sites (N-methyl/N-ethyl adjacent to an activating group) is 1. The van der Waals surface area contributed by atoms with E-state index in [0.717, 1.165) is 0 Å². The molecule has 0 bridgehead atoms. The Morgan fingerprint density at radius 3 is 2.40 bits per heavy atom. The van der Waals surface area contributed by atoms with Gasteiger partial charge in [-0.25, -0.2) is 0 Å². The van der Waals surface area contributed by atoms with Crippen LogP contribution >= 0.6 is 0 Å². The Hall–Kier alpha value is -0.650. The zero-order valence-electron chi connectivity index (χ0n) is 10.1. The van der Waals surface area contributed by atoms with Gasteiger partial charge < -0.3 is 19.5 Å². The molecule has 0 saturated heterocycles. The molecule has 1 amide bonds. The minimum absolute atomic E-state index is 0.167. The van der Waals surface area contributed by atoms with Gasteiger partial charge in [0.05, 0.1) is 12.7 Å². The average molecular weight is 219 g/mol. The highest BCUT2D eigenvalue weighted by atomic mass is 16.5. The van der Waals surface area contributed by atoms with Crippen molar-refractivity contribution in [3.05, 3.63) is 0 Å². The van der Waals surface area contributed by atoms with Gasteiger partial charge in [-0.15, -0.1) is 0 Å². The van der Waals surface area contributed by atoms with Crippen LogP contribution in [0.5, 0.6) is 0 Å². The van der Waals surface area contributed by atoms with E-state index in [-0.39, 0.29) is 19.1 Å². The lowest BCUT2D eigenvalue weighted by Crippen LogP contribution is -2.47. The summed E-state index contributed by atoms with van der Waals surface area (Å²) in [4.78, 5) is 13.2. The maximum atomic E-state index is 11.8. The van der Waals surface area contributed by atoms with Gasteiger partial charge in [0, 0.05) is 27.8 Å². The lowest BCUT2D eigenvalue weighted by molar-refractivity contribution is -0.151. The smallest absolute Gasteiger partial charge is 0.254 e. The summed E-state index contributed by atoms with van der Waals surface area (Å²) in [6, 6.07) is 0. The van der Waals surface area contributed by atoms with Crippen LogP contribution in [0.4, 0.5) is 0 Å². The second-order valence-electron chi connectivity index (χ2n) is 4.01. The van der Waals surface area contributed by atoms with Crippen molar-refractivity contribution >= 4 is 5.91 Å². The summed E-state index contributed by atoms with van der Waals surface area (Å²) >= 11 is 0. The fourth-order valence-electron chi connectivity index (χ4n) is 1.19. The lowest BCUT2D eigenvalue weighted by atomic mass is 10.1. The Bertz CT molecular complexity index is 206. The minimum Gasteiger partial charge on any atom is -0.389 e. The average Bonchev–Trinajstić information content (AvgIpc) is 2.16. The number of nitrogens with zero attached hydrogens (tertiary/aromatic N) is 1. The largest absolute Gasteiger partial charge is 0.389 e. The van der Waals surface area contributed by atoms with E-state index in [2.05, 4.69) is 0 Å². The van der Waals surface area contributed by atoms with Gasteiger partial charge in [-0.3, -0.25) is 4.79 Å². The van der Waals surface area contributed by atoms with Crippen molar-refractivity contribution in [1.29, 1.82) is 0 Å². The fraction of sp³-hybridized carbons (Fsp3) is 0.900. The normalized spacial score (nSPS) is 13.7. The molecule has 0 heterocycles. The number of hydrogen-bond donors (Lipinski definition) is 1. The number of methoxy groups -OCH3 is 2. The number of amides is 1. The summed E-state index contributed by atoms with van der Waals surface area (Å²) in [7, 11) is 4.61. The van der Waals surface area contributed by atoms with E-state index < -0.39 is 11.7 Å². The highest BCUT2D eigenvalue weighted by Crippen LogP contribution is 2.11. The molecular weight excluding hydrogens is 198 g/mol. The maximum Gasteiger partial charge on any atom is 0.254 e. The molecule has 0 aromatic heterocycles. The molecule has 1 N–H and O–H groups in total. The maximum absolute atomic E-state index is 11.8. The number of ether oxygens (including phenoxy) is 2. The molecule has 0 radical (unpaired) electrons. The van der Waals surface area contributed by atoms with Crippen molar-refractivity contribution in [2.45, 2.75) is 25.6 Å². The molecule has 0 aromatic carbocycles. The summed E-state index contributed by atoms with van der Waals surface area (Å²) in [5.41, 5.74) is -0.860. The number of carbonyl (C=O) groups excluding carboxylic acids is 1. The molecular formula is C10H21NO4. The predicted molar refractivity (Wildman–Crippen MR) is 56.6 cm³/mol. The summed E-state index contributed by atoms with van der Waals surface area (Å²) in [6.07, 6.45) is -0.670. The molecule has 90 valence electrons. The standard InChI is InChI=1S/C10H21NO4/c1-10(2,15-5)9(13)11(3)6-8(12)7-14-4/h8,12H,6-7H2,1-5H3. The van der Waals surface area contributed by atoms with Crippen LogP contribution in [0.2, 0.25) is 0 Å². The Morgan fingerprint density at radius 2 is 2.00 bits per heavy atom. The molecule has 0 aliphatic rings. The van der Waals surface area contributed by atoms with Gasteiger partial charge >= 0.3 is 0 Å². The molecule has 5 heteroatoms. The van der Waals surface area contributed by atoms with Gasteiger partial charge in [0.25, 0.3) is 5.91 Å². The van der Waals surface area contributed by atoms with Crippen molar-refractivity contribution < 1.29 is 19.4 Å². The first-order chi connectivity index (χ1) is 6.85. The first-order valence-electron chi connectivity index (χ1n) is 4.83. The van der Waals surface area contributed by atoms with Crippen molar-refractivity contribution in [3.63, 3.8) is 0 Å². The molecule has 1 unspecified atom stereocenters. The molecule has 0 saturated carbocycles. The van der Waals surface area contributed by atoms with Gasteiger partial charge in [-0.2, -0.15) is 0 Å². The van der Waals surface area contributed by atoms with Crippen LogP contribution in [0.1, 0.15) is 13.8 Å². The molecule has 0 fully saturated rings. The number of aliphatic hydroxyl groups excluding tert-OH is 1. The Labute approximate surface area is 91.0 Å². The second-order valence-corrected chi connectivity index (χ2v) is 4.01. The van der Waals surface area contributed by atoms with Crippen LogP contribution in [0.3, 0.4) is 0 Å². The number of carbonyl (C=O) groups is 1. The Balaban J connectivity index is 4.21. The summed E-state index contributed by atoms with van der Waals surface area (Å²) < 4.78 is 9.84. The summed E-state index contributed by atoms with van der Waals surface area (Å²) in [5, 5.41) is 9.45. The van der Waals surface area contributed by atoms with E-state index in [1.807, 2.05) is 0 Å². The second kappa shape index (κ2) is 6.05. The number of aliphatic hydroxyl groups is 1. The highest BCUT2D eigenvalue weighted by molar-refractivity contribution is 5.84.